The zero-order chi connectivity index (χ0) is 14.9. The average Bonchev–Trinajstić information content (AvgIpc) is 2.74. The molecule has 3 N–H and O–H groups in total. The summed E-state index contributed by atoms with van der Waals surface area (Å²) in [5, 5.41) is 0. The van der Waals surface area contributed by atoms with Crippen LogP contribution in [0.1, 0.15) is 17.2 Å². The Labute approximate surface area is 137 Å². The summed E-state index contributed by atoms with van der Waals surface area (Å²) >= 11 is 16.1. The van der Waals surface area contributed by atoms with Crippen LogP contribution in [-0.2, 0) is 6.42 Å². The standard InChI is InChI=1S/C12H9BrCl2F2N2S/c13-7-1-2-8(16)5(11(7)17)3-9(19-18)6-4-10(14)20-12(6)15/h1-2,4,9,19H,3,18H2. The summed E-state index contributed by atoms with van der Waals surface area (Å²) in [5.41, 5.74) is 3.05. The number of nitrogens with one attached hydrogen (secondary N) is 1. The molecule has 0 radical (unpaired) electrons. The Balaban J connectivity index is 2.36. The van der Waals surface area contributed by atoms with Gasteiger partial charge < -0.3 is 0 Å². The van der Waals surface area contributed by atoms with Gasteiger partial charge in [0, 0.05) is 11.1 Å². The monoisotopic (exact) mass is 400 g/mol. The van der Waals surface area contributed by atoms with Gasteiger partial charge in [-0.25, -0.2) is 8.78 Å². The number of benzene rings is 1. The van der Waals surface area contributed by atoms with Crippen LogP contribution in [0.3, 0.4) is 0 Å². The lowest BCUT2D eigenvalue weighted by atomic mass is 10.0. The third-order valence-electron chi connectivity index (χ3n) is 2.81. The molecule has 0 saturated heterocycles. The molecule has 108 valence electrons. The minimum atomic E-state index is -0.650. The van der Waals surface area contributed by atoms with E-state index in [-0.39, 0.29) is 16.5 Å². The molecule has 0 saturated carbocycles. The lowest BCUT2D eigenvalue weighted by Crippen LogP contribution is -2.30. The third kappa shape index (κ3) is 3.32. The van der Waals surface area contributed by atoms with Gasteiger partial charge in [-0.05, 0) is 40.5 Å². The molecule has 2 nitrogen and oxygen atoms in total. The summed E-state index contributed by atoms with van der Waals surface area (Å²) in [6.07, 6.45) is 0.0143. The Morgan fingerprint density at radius 3 is 2.60 bits per heavy atom. The lowest BCUT2D eigenvalue weighted by Gasteiger charge is -2.16. The Morgan fingerprint density at radius 1 is 1.35 bits per heavy atom. The number of nitrogens with two attached hydrogens (primary N) is 1. The second kappa shape index (κ2) is 6.68. The van der Waals surface area contributed by atoms with Crippen molar-refractivity contribution in [2.45, 2.75) is 12.5 Å². The number of hydrazine groups is 1. The average molecular weight is 402 g/mol. The van der Waals surface area contributed by atoms with Crippen LogP contribution in [0.4, 0.5) is 8.78 Å². The molecule has 0 amide bonds. The number of thiophene rings is 1. The molecule has 20 heavy (non-hydrogen) atoms. The molecule has 1 atom stereocenters. The molecule has 2 aromatic rings. The summed E-state index contributed by atoms with van der Waals surface area (Å²) < 4.78 is 28.9. The smallest absolute Gasteiger partial charge is 0.143 e. The van der Waals surface area contributed by atoms with Gasteiger partial charge in [-0.2, -0.15) is 0 Å². The van der Waals surface area contributed by atoms with Crippen molar-refractivity contribution in [3.63, 3.8) is 0 Å². The number of hydrogen-bond donors (Lipinski definition) is 2. The minimum absolute atomic E-state index is 0.0143. The van der Waals surface area contributed by atoms with Crippen LogP contribution < -0.4 is 11.3 Å². The normalized spacial score (nSPS) is 12.7. The highest BCUT2D eigenvalue weighted by molar-refractivity contribution is 9.10. The Kier molecular flexibility index (Phi) is 5.39. The van der Waals surface area contributed by atoms with Crippen molar-refractivity contribution in [2.24, 2.45) is 5.84 Å². The fourth-order valence-corrected chi connectivity index (χ4v) is 3.76. The fraction of sp³-hybridized carbons (Fsp3) is 0.167. The molecule has 1 unspecified atom stereocenters. The van der Waals surface area contributed by atoms with Crippen molar-refractivity contribution >= 4 is 50.5 Å². The second-order valence-electron chi connectivity index (χ2n) is 4.02. The van der Waals surface area contributed by atoms with E-state index >= 15 is 0 Å². The molecule has 0 aliphatic heterocycles. The maximum absolute atomic E-state index is 14.0. The first-order chi connectivity index (χ1) is 9.43. The van der Waals surface area contributed by atoms with Crippen molar-refractivity contribution in [3.05, 3.63) is 54.1 Å². The summed E-state index contributed by atoms with van der Waals surface area (Å²) in [6.45, 7) is 0. The topological polar surface area (TPSA) is 38.0 Å². The molecule has 0 fully saturated rings. The number of hydrogen-bond acceptors (Lipinski definition) is 3. The van der Waals surface area contributed by atoms with E-state index in [1.54, 1.807) is 6.07 Å². The molecular formula is C12H9BrCl2F2N2S. The van der Waals surface area contributed by atoms with Gasteiger partial charge >= 0.3 is 0 Å². The second-order valence-corrected chi connectivity index (χ2v) is 7.16. The predicted octanol–water partition coefficient (Wildman–Crippen LogP) is 4.84. The quantitative estimate of drug-likeness (QED) is 0.437. The first-order valence-electron chi connectivity index (χ1n) is 5.47. The van der Waals surface area contributed by atoms with Gasteiger partial charge in [-0.15, -0.1) is 11.3 Å². The van der Waals surface area contributed by atoms with Crippen LogP contribution in [0.25, 0.3) is 0 Å². The van der Waals surface area contributed by atoms with Gasteiger partial charge in [0.25, 0.3) is 0 Å². The first-order valence-corrected chi connectivity index (χ1v) is 7.83. The highest BCUT2D eigenvalue weighted by Crippen LogP contribution is 2.36. The maximum Gasteiger partial charge on any atom is 0.143 e. The molecule has 0 spiro atoms. The zero-order valence-electron chi connectivity index (χ0n) is 9.89. The van der Waals surface area contributed by atoms with Gasteiger partial charge in [0.15, 0.2) is 0 Å². The molecule has 1 aromatic carbocycles. The van der Waals surface area contributed by atoms with Crippen LogP contribution in [0, 0.1) is 11.6 Å². The molecule has 0 aliphatic rings. The van der Waals surface area contributed by atoms with Crippen molar-refractivity contribution in [2.75, 3.05) is 0 Å². The molecule has 0 aliphatic carbocycles. The molecule has 8 heteroatoms. The van der Waals surface area contributed by atoms with E-state index < -0.39 is 17.7 Å². The Morgan fingerprint density at radius 2 is 2.05 bits per heavy atom. The summed E-state index contributed by atoms with van der Waals surface area (Å²) in [6, 6.07) is 3.60. The first kappa shape index (κ1) is 16.1. The lowest BCUT2D eigenvalue weighted by molar-refractivity contribution is 0.498. The van der Waals surface area contributed by atoms with E-state index in [4.69, 9.17) is 29.0 Å². The van der Waals surface area contributed by atoms with Crippen LogP contribution in [0.15, 0.2) is 22.7 Å². The molecule has 2 rings (SSSR count). The Hall–Kier alpha value is -0.240. The van der Waals surface area contributed by atoms with E-state index in [1.165, 1.54) is 23.5 Å². The van der Waals surface area contributed by atoms with Crippen LogP contribution >= 0.6 is 50.5 Å². The summed E-state index contributed by atoms with van der Waals surface area (Å²) in [4.78, 5) is 0. The molecule has 1 heterocycles. The van der Waals surface area contributed by atoms with E-state index in [9.17, 15) is 8.78 Å². The highest BCUT2D eigenvalue weighted by atomic mass is 79.9. The number of halogens is 5. The maximum atomic E-state index is 14.0. The summed E-state index contributed by atoms with van der Waals surface area (Å²) in [7, 11) is 0. The predicted molar refractivity (Wildman–Crippen MR) is 82.2 cm³/mol. The van der Waals surface area contributed by atoms with Gasteiger partial charge in [0.2, 0.25) is 0 Å². The van der Waals surface area contributed by atoms with Crippen molar-refractivity contribution in [3.8, 4) is 0 Å². The van der Waals surface area contributed by atoms with E-state index in [0.29, 0.717) is 14.2 Å². The largest absolute Gasteiger partial charge is 0.271 e. The molecule has 0 bridgehead atoms. The summed E-state index contributed by atoms with van der Waals surface area (Å²) in [5.74, 6) is 4.18. The molecule has 1 aromatic heterocycles. The van der Waals surface area contributed by atoms with E-state index in [0.717, 1.165) is 0 Å². The van der Waals surface area contributed by atoms with Crippen LogP contribution in [0.2, 0.25) is 8.67 Å². The fourth-order valence-electron chi connectivity index (χ4n) is 1.81. The van der Waals surface area contributed by atoms with E-state index in [2.05, 4.69) is 21.4 Å². The van der Waals surface area contributed by atoms with Crippen LogP contribution in [-0.4, -0.2) is 0 Å². The third-order valence-corrected chi connectivity index (χ3v) is 4.94. The van der Waals surface area contributed by atoms with Gasteiger partial charge in [-0.3, -0.25) is 11.3 Å². The van der Waals surface area contributed by atoms with Gasteiger partial charge in [0.05, 0.1) is 19.2 Å². The van der Waals surface area contributed by atoms with Gasteiger partial charge in [0.1, 0.15) is 11.6 Å². The van der Waals surface area contributed by atoms with Crippen LogP contribution in [0.5, 0.6) is 0 Å². The zero-order valence-corrected chi connectivity index (χ0v) is 13.8. The van der Waals surface area contributed by atoms with Gasteiger partial charge in [-0.1, -0.05) is 23.2 Å². The highest BCUT2D eigenvalue weighted by Gasteiger charge is 2.21. The minimum Gasteiger partial charge on any atom is -0.271 e. The SMILES string of the molecule is NNC(Cc1c(F)ccc(Br)c1F)c1cc(Cl)sc1Cl. The van der Waals surface area contributed by atoms with Crippen molar-refractivity contribution in [1.29, 1.82) is 0 Å². The van der Waals surface area contributed by atoms with E-state index in [1.807, 2.05) is 0 Å². The molecular weight excluding hydrogens is 393 g/mol. The van der Waals surface area contributed by atoms with Crippen molar-refractivity contribution in [1.82, 2.24) is 5.43 Å². The van der Waals surface area contributed by atoms with Crippen molar-refractivity contribution < 1.29 is 8.78 Å². The Bertz CT molecular complexity index is 636. The number of rotatable bonds is 4.